The quantitative estimate of drug-likeness (QED) is 0.126. The van der Waals surface area contributed by atoms with Crippen LogP contribution in [0.1, 0.15) is 40.3 Å². The molecule has 2 aromatic carbocycles. The van der Waals surface area contributed by atoms with Crippen LogP contribution >= 0.6 is 19.3 Å². The van der Waals surface area contributed by atoms with Crippen LogP contribution in [0.25, 0.3) is 21.9 Å². The van der Waals surface area contributed by atoms with Crippen LogP contribution in [-0.2, 0) is 23.4 Å². The Morgan fingerprint density at radius 1 is 1.26 bits per heavy atom. The third kappa shape index (κ3) is 7.26. The first-order valence-corrected chi connectivity index (χ1v) is 15.6. The molecule has 0 aliphatic carbocycles. The Kier molecular flexibility index (Phi) is 8.94. The fourth-order valence-electron chi connectivity index (χ4n) is 4.56. The van der Waals surface area contributed by atoms with Gasteiger partial charge in [0.05, 0.1) is 25.6 Å². The molecular weight excluding hydrogens is 599 g/mol. The van der Waals surface area contributed by atoms with E-state index in [1.165, 1.54) is 17.8 Å². The van der Waals surface area contributed by atoms with Crippen molar-refractivity contribution in [2.75, 3.05) is 18.9 Å². The second-order valence-corrected chi connectivity index (χ2v) is 13.6. The van der Waals surface area contributed by atoms with Crippen molar-refractivity contribution >= 4 is 53.1 Å². The summed E-state index contributed by atoms with van der Waals surface area (Å²) in [5, 5.41) is 15.0. The fourth-order valence-corrected chi connectivity index (χ4v) is 6.27. The third-order valence-electron chi connectivity index (χ3n) is 6.61. The molecule has 43 heavy (non-hydrogen) atoms. The summed E-state index contributed by atoms with van der Waals surface area (Å²) in [7, 11) is -4.21. The van der Waals surface area contributed by atoms with E-state index in [9.17, 15) is 14.5 Å². The summed E-state index contributed by atoms with van der Waals surface area (Å²) in [6, 6.07) is 11.7. The zero-order valence-electron chi connectivity index (χ0n) is 24.1. The number of esters is 1. The van der Waals surface area contributed by atoms with Crippen LogP contribution in [-0.4, -0.2) is 62.1 Å². The second kappa shape index (κ2) is 12.4. The van der Waals surface area contributed by atoms with Gasteiger partial charge in [-0.05, 0) is 35.4 Å². The lowest BCUT2D eigenvalue weighted by molar-refractivity contribution is -0.148. The van der Waals surface area contributed by atoms with Crippen molar-refractivity contribution in [2.24, 2.45) is 5.41 Å². The number of nitrogens with zero attached hydrogens (tertiary/aromatic N) is 4. The highest BCUT2D eigenvalue weighted by molar-refractivity contribution is 7.52. The molecule has 1 fully saturated rings. The second-order valence-electron chi connectivity index (χ2n) is 11.5. The summed E-state index contributed by atoms with van der Waals surface area (Å²) in [4.78, 5) is 25.0. The number of carbonyl (C=O) groups is 1. The van der Waals surface area contributed by atoms with E-state index >= 15 is 0 Å². The van der Waals surface area contributed by atoms with E-state index in [2.05, 4.69) is 20.0 Å². The molecular formula is C28H34ClN6O7P. The van der Waals surface area contributed by atoms with E-state index in [1.807, 2.05) is 51.1 Å². The molecule has 0 amide bonds. The number of imidazole rings is 1. The Morgan fingerprint density at radius 2 is 2.00 bits per heavy atom. The van der Waals surface area contributed by atoms with Gasteiger partial charge in [-0.3, -0.25) is 13.9 Å². The van der Waals surface area contributed by atoms with Crippen molar-refractivity contribution < 1.29 is 33.0 Å². The highest BCUT2D eigenvalue weighted by Gasteiger charge is 2.40. The highest BCUT2D eigenvalue weighted by Crippen LogP contribution is 2.47. The van der Waals surface area contributed by atoms with Crippen LogP contribution in [0.15, 0.2) is 48.8 Å². The van der Waals surface area contributed by atoms with Gasteiger partial charge in [0.25, 0.3) is 0 Å². The lowest BCUT2D eigenvalue weighted by Gasteiger charge is -2.25. The topological polar surface area (TPSA) is 173 Å². The van der Waals surface area contributed by atoms with Gasteiger partial charge in [-0.25, -0.2) is 9.55 Å². The van der Waals surface area contributed by atoms with E-state index < -0.39 is 38.2 Å². The average molecular weight is 633 g/mol. The van der Waals surface area contributed by atoms with Crippen LogP contribution in [0.2, 0.25) is 5.28 Å². The van der Waals surface area contributed by atoms with Crippen LogP contribution in [0.5, 0.6) is 5.75 Å². The molecule has 230 valence electrons. The van der Waals surface area contributed by atoms with E-state index in [4.69, 9.17) is 35.9 Å². The Hall–Kier alpha value is -3.32. The number of ether oxygens (including phenoxy) is 2. The molecule has 1 aliphatic rings. The number of aromatic nitrogens is 4. The first-order chi connectivity index (χ1) is 20.3. The van der Waals surface area contributed by atoms with Gasteiger partial charge in [0.1, 0.15) is 23.4 Å². The number of rotatable bonds is 10. The number of anilines is 1. The zero-order chi connectivity index (χ0) is 30.9. The van der Waals surface area contributed by atoms with Crippen LogP contribution in [0, 0.1) is 5.41 Å². The zero-order valence-corrected chi connectivity index (χ0v) is 25.8. The number of carbonyl (C=O) groups excluding carboxylic acids is 1. The summed E-state index contributed by atoms with van der Waals surface area (Å²) in [6.45, 7) is 7.25. The van der Waals surface area contributed by atoms with Gasteiger partial charge in [-0.1, -0.05) is 57.2 Å². The molecule has 4 aromatic rings. The van der Waals surface area contributed by atoms with Gasteiger partial charge in [-0.15, -0.1) is 0 Å². The summed E-state index contributed by atoms with van der Waals surface area (Å²) >= 11 is 5.98. The summed E-state index contributed by atoms with van der Waals surface area (Å²) in [5.74, 6) is -0.220. The van der Waals surface area contributed by atoms with E-state index in [1.54, 1.807) is 12.1 Å². The van der Waals surface area contributed by atoms with Crippen molar-refractivity contribution in [3.63, 3.8) is 0 Å². The van der Waals surface area contributed by atoms with Crippen LogP contribution in [0.4, 0.5) is 5.82 Å². The average Bonchev–Trinajstić information content (AvgIpc) is 3.53. The molecule has 0 bridgehead atoms. The smallest absolute Gasteiger partial charge is 0.459 e. The van der Waals surface area contributed by atoms with Crippen molar-refractivity contribution in [1.29, 1.82) is 0 Å². The molecule has 0 radical (unpaired) electrons. The lowest BCUT2D eigenvalue weighted by Crippen LogP contribution is -2.37. The minimum atomic E-state index is -4.21. The first-order valence-electron chi connectivity index (χ1n) is 13.7. The van der Waals surface area contributed by atoms with Gasteiger partial charge < -0.3 is 24.8 Å². The SMILES string of the molecule is C[C@H](NP(=O)(OC[C@@H]1C[C@@H](O)[C@H](n2cnc3c(N)nc(Cl)nc32)O1)Oc1cccc2ccccc12)C(=O)OCC(C)(C)C. The summed E-state index contributed by atoms with van der Waals surface area (Å²) < 4.78 is 39.0. The molecule has 15 heteroatoms. The standard InChI is InChI=1S/C28H34ClN6O7P/c1-16(26(37)39-14-28(2,3)4)34-43(38,42-21-11-7-9-17-8-5-6-10-19(17)21)40-13-18-12-20(36)25(41-18)35-15-31-22-23(30)32-27(29)33-24(22)35/h5-11,15-16,18,20,25,36H,12-14H2,1-4H3,(H,34,38)(H2,30,32,33)/t16-,18-,20+,25+,43?/m0/s1. The van der Waals surface area contributed by atoms with E-state index in [0.29, 0.717) is 16.7 Å². The maximum Gasteiger partial charge on any atom is 0.459 e. The predicted molar refractivity (Wildman–Crippen MR) is 160 cm³/mol. The number of aliphatic hydroxyl groups is 1. The van der Waals surface area contributed by atoms with Gasteiger partial charge in [-0.2, -0.15) is 15.1 Å². The molecule has 4 N–H and O–H groups in total. The largest absolute Gasteiger partial charge is 0.464 e. The number of fused-ring (bicyclic) bond motifs is 2. The monoisotopic (exact) mass is 632 g/mol. The van der Waals surface area contributed by atoms with Crippen molar-refractivity contribution in [1.82, 2.24) is 24.6 Å². The van der Waals surface area contributed by atoms with Crippen molar-refractivity contribution in [2.45, 2.75) is 58.6 Å². The molecule has 1 aliphatic heterocycles. The number of halogens is 1. The van der Waals surface area contributed by atoms with Gasteiger partial charge >= 0.3 is 13.7 Å². The van der Waals surface area contributed by atoms with E-state index in [-0.39, 0.29) is 41.8 Å². The molecule has 2 aromatic heterocycles. The maximum atomic E-state index is 14.2. The number of hydrogen-bond acceptors (Lipinski definition) is 11. The Morgan fingerprint density at radius 3 is 2.77 bits per heavy atom. The number of aliphatic hydroxyl groups excluding tert-OH is 1. The predicted octanol–water partition coefficient (Wildman–Crippen LogP) is 4.63. The van der Waals surface area contributed by atoms with Crippen LogP contribution in [0.3, 0.4) is 0 Å². The lowest BCUT2D eigenvalue weighted by atomic mass is 9.99. The normalized spacial score (nSPS) is 21.1. The molecule has 5 rings (SSSR count). The van der Waals surface area contributed by atoms with Gasteiger partial charge in [0, 0.05) is 11.8 Å². The Labute approximate surface area is 253 Å². The van der Waals surface area contributed by atoms with Crippen molar-refractivity contribution in [3.8, 4) is 5.75 Å². The number of benzene rings is 2. The van der Waals surface area contributed by atoms with Crippen LogP contribution < -0.4 is 15.3 Å². The van der Waals surface area contributed by atoms with Crippen molar-refractivity contribution in [3.05, 3.63) is 54.1 Å². The minimum absolute atomic E-state index is 0.0770. The first kappa shape index (κ1) is 31.1. The molecule has 13 nitrogen and oxygen atoms in total. The molecule has 5 atom stereocenters. The Balaban J connectivity index is 1.34. The highest BCUT2D eigenvalue weighted by atomic mass is 35.5. The number of hydrogen-bond donors (Lipinski definition) is 3. The summed E-state index contributed by atoms with van der Waals surface area (Å²) in [6.07, 6.45) is -1.04. The van der Waals surface area contributed by atoms with E-state index in [0.717, 1.165) is 5.39 Å². The number of nitrogens with two attached hydrogens (primary N) is 1. The van der Waals surface area contributed by atoms with Gasteiger partial charge in [0.15, 0.2) is 17.7 Å². The number of nitrogen functional groups attached to an aromatic ring is 1. The Bertz CT molecular complexity index is 1670. The molecule has 3 heterocycles. The molecule has 1 unspecified atom stereocenters. The number of nitrogens with one attached hydrogen (secondary N) is 1. The fraction of sp³-hybridized carbons (Fsp3) is 0.429. The molecule has 1 saturated heterocycles. The van der Waals surface area contributed by atoms with Gasteiger partial charge in [0.2, 0.25) is 5.28 Å². The summed E-state index contributed by atoms with van der Waals surface area (Å²) in [5.41, 5.74) is 6.25. The molecule has 0 saturated carbocycles. The third-order valence-corrected chi connectivity index (χ3v) is 8.41. The maximum absolute atomic E-state index is 14.2. The molecule has 0 spiro atoms. The minimum Gasteiger partial charge on any atom is -0.464 e.